The number of oxime groups is 1. The molecule has 0 bridgehead atoms. The minimum absolute atomic E-state index is 0.101. The number of aromatic nitrogens is 3. The molecule has 0 spiro atoms. The summed E-state index contributed by atoms with van der Waals surface area (Å²) in [5, 5.41) is 30.2. The van der Waals surface area contributed by atoms with Crippen molar-refractivity contribution in [2.45, 2.75) is 27.2 Å². The van der Waals surface area contributed by atoms with Crippen LogP contribution in [-0.2, 0) is 6.42 Å². The van der Waals surface area contributed by atoms with Crippen LogP contribution in [0.5, 0.6) is 5.75 Å². The fourth-order valence-electron chi connectivity index (χ4n) is 2.92. The molecule has 0 aliphatic carbocycles. The molecule has 26 heavy (non-hydrogen) atoms. The monoisotopic (exact) mass is 359 g/mol. The van der Waals surface area contributed by atoms with Gasteiger partial charge in [-0.25, -0.2) is 9.07 Å². The van der Waals surface area contributed by atoms with Crippen LogP contribution in [0.1, 0.15) is 29.6 Å². The maximum absolute atomic E-state index is 14.5. The molecule has 9 heteroatoms. The number of nitrogens with two attached hydrogens (primary N) is 1. The van der Waals surface area contributed by atoms with E-state index in [1.54, 1.807) is 13.8 Å². The number of amidine groups is 1. The average Bonchev–Trinajstić information content (AvgIpc) is 3.13. The summed E-state index contributed by atoms with van der Waals surface area (Å²) < 4.78 is 21.1. The maximum Gasteiger partial charge on any atom is 0.174 e. The summed E-state index contributed by atoms with van der Waals surface area (Å²) >= 11 is 0. The van der Waals surface area contributed by atoms with Gasteiger partial charge in [0.15, 0.2) is 11.7 Å². The smallest absolute Gasteiger partial charge is 0.174 e. The van der Waals surface area contributed by atoms with Crippen molar-refractivity contribution in [1.29, 1.82) is 0 Å². The molecular weight excluding hydrogens is 341 g/mol. The molecular formula is C17H18FN5O3. The zero-order valence-corrected chi connectivity index (χ0v) is 14.5. The molecule has 1 aromatic carbocycles. The molecule has 0 saturated heterocycles. The van der Waals surface area contributed by atoms with Crippen LogP contribution in [0, 0.1) is 19.7 Å². The highest BCUT2D eigenvalue weighted by Crippen LogP contribution is 2.35. The molecule has 2 heterocycles. The molecule has 0 saturated carbocycles. The molecule has 3 rings (SSSR count). The highest BCUT2D eigenvalue weighted by molar-refractivity contribution is 6.04. The maximum atomic E-state index is 14.5. The molecule has 0 fully saturated rings. The summed E-state index contributed by atoms with van der Waals surface area (Å²) in [6, 6.07) is 3.74. The second-order valence-corrected chi connectivity index (χ2v) is 5.76. The van der Waals surface area contributed by atoms with Crippen molar-refractivity contribution < 1.29 is 19.2 Å². The van der Waals surface area contributed by atoms with Crippen molar-refractivity contribution in [3.8, 4) is 22.7 Å². The Morgan fingerprint density at radius 3 is 2.65 bits per heavy atom. The summed E-state index contributed by atoms with van der Waals surface area (Å²) in [5.41, 5.74) is 8.41. The fourth-order valence-corrected chi connectivity index (χ4v) is 2.92. The van der Waals surface area contributed by atoms with Crippen molar-refractivity contribution in [2.75, 3.05) is 0 Å². The molecule has 136 valence electrons. The Labute approximate surface area is 148 Å². The number of hydrogen-bond donors (Lipinski definition) is 3. The Bertz CT molecular complexity index is 987. The number of benzene rings is 1. The van der Waals surface area contributed by atoms with Gasteiger partial charge in [0.25, 0.3) is 0 Å². The molecule has 2 aromatic heterocycles. The van der Waals surface area contributed by atoms with Gasteiger partial charge in [0.1, 0.15) is 17.2 Å². The first-order valence-electron chi connectivity index (χ1n) is 7.90. The van der Waals surface area contributed by atoms with Gasteiger partial charge in [-0.15, -0.1) is 0 Å². The quantitative estimate of drug-likeness (QED) is 0.285. The van der Waals surface area contributed by atoms with Crippen molar-refractivity contribution in [3.05, 3.63) is 46.7 Å². The van der Waals surface area contributed by atoms with Crippen LogP contribution in [0.15, 0.2) is 27.9 Å². The number of aromatic hydroxyl groups is 1. The van der Waals surface area contributed by atoms with E-state index in [0.717, 1.165) is 6.07 Å². The van der Waals surface area contributed by atoms with E-state index in [1.165, 1.54) is 16.8 Å². The van der Waals surface area contributed by atoms with Crippen molar-refractivity contribution in [3.63, 3.8) is 0 Å². The van der Waals surface area contributed by atoms with E-state index in [0.29, 0.717) is 40.4 Å². The van der Waals surface area contributed by atoms with Crippen LogP contribution in [0.3, 0.4) is 0 Å². The zero-order valence-electron chi connectivity index (χ0n) is 14.5. The van der Waals surface area contributed by atoms with Crippen LogP contribution < -0.4 is 5.73 Å². The summed E-state index contributed by atoms with van der Waals surface area (Å²) in [4.78, 5) is 0. The summed E-state index contributed by atoms with van der Waals surface area (Å²) in [7, 11) is 0. The van der Waals surface area contributed by atoms with Crippen LogP contribution >= 0.6 is 0 Å². The average molecular weight is 359 g/mol. The molecule has 0 unspecified atom stereocenters. The van der Waals surface area contributed by atoms with Gasteiger partial charge in [0.2, 0.25) is 0 Å². The van der Waals surface area contributed by atoms with Crippen LogP contribution in [0.25, 0.3) is 16.9 Å². The van der Waals surface area contributed by atoms with E-state index >= 15 is 0 Å². The number of rotatable bonds is 4. The van der Waals surface area contributed by atoms with Crippen LogP contribution in [0.4, 0.5) is 4.39 Å². The SMILES string of the molecule is CCc1nn(-c2ccc(O)cc2F)c(-c2c(C)noc2C)c1/C(N)=N/O. The number of nitrogens with zero attached hydrogens (tertiary/aromatic N) is 4. The third kappa shape index (κ3) is 2.67. The Morgan fingerprint density at radius 2 is 2.12 bits per heavy atom. The molecule has 0 aliphatic rings. The molecule has 0 aliphatic heterocycles. The second-order valence-electron chi connectivity index (χ2n) is 5.76. The molecule has 0 atom stereocenters. The Kier molecular flexibility index (Phi) is 4.37. The molecule has 0 amide bonds. The standard InChI is InChI=1S/C17H18FN5O3/c1-4-12-15(17(19)21-25)16(14-8(2)22-26-9(14)3)23(20-12)13-6-5-10(24)7-11(13)18/h5-7,24-25H,4H2,1-3H3,(H2,19,21). The number of halogens is 1. The minimum atomic E-state index is -0.672. The highest BCUT2D eigenvalue weighted by atomic mass is 19.1. The lowest BCUT2D eigenvalue weighted by Crippen LogP contribution is -2.16. The predicted octanol–water partition coefficient (Wildman–Crippen LogP) is 2.65. The zero-order chi connectivity index (χ0) is 19.0. The highest BCUT2D eigenvalue weighted by Gasteiger charge is 2.28. The number of phenols is 1. The molecule has 0 radical (unpaired) electrons. The normalized spacial score (nSPS) is 11.9. The van der Waals surface area contributed by atoms with Gasteiger partial charge in [-0.2, -0.15) is 5.10 Å². The summed E-state index contributed by atoms with van der Waals surface area (Å²) in [6.07, 6.45) is 0.467. The third-order valence-corrected chi connectivity index (χ3v) is 4.09. The number of aryl methyl sites for hydroxylation is 3. The first-order chi connectivity index (χ1) is 12.4. The van der Waals surface area contributed by atoms with Gasteiger partial charge in [-0.3, -0.25) is 0 Å². The van der Waals surface area contributed by atoms with E-state index in [9.17, 15) is 14.7 Å². The summed E-state index contributed by atoms with van der Waals surface area (Å²) in [6.45, 7) is 5.30. The topological polar surface area (TPSA) is 123 Å². The van der Waals surface area contributed by atoms with E-state index in [1.807, 2.05) is 6.92 Å². The van der Waals surface area contributed by atoms with Crippen LogP contribution in [-0.4, -0.2) is 31.1 Å². The largest absolute Gasteiger partial charge is 0.508 e. The van der Waals surface area contributed by atoms with Crippen molar-refractivity contribution in [2.24, 2.45) is 10.9 Å². The van der Waals surface area contributed by atoms with Crippen molar-refractivity contribution in [1.82, 2.24) is 14.9 Å². The lowest BCUT2D eigenvalue weighted by molar-refractivity contribution is 0.318. The Balaban J connectivity index is 2.44. The lowest BCUT2D eigenvalue weighted by Gasteiger charge is -2.10. The molecule has 8 nitrogen and oxygen atoms in total. The van der Waals surface area contributed by atoms with Gasteiger partial charge in [-0.1, -0.05) is 17.2 Å². The predicted molar refractivity (Wildman–Crippen MR) is 92.0 cm³/mol. The third-order valence-electron chi connectivity index (χ3n) is 4.09. The number of phenolic OH excluding ortho intramolecular Hbond substituents is 1. The van der Waals surface area contributed by atoms with E-state index < -0.39 is 5.82 Å². The van der Waals surface area contributed by atoms with Gasteiger partial charge in [0, 0.05) is 6.07 Å². The molecule has 3 aromatic rings. The van der Waals surface area contributed by atoms with Gasteiger partial charge in [-0.05, 0) is 32.4 Å². The second kappa shape index (κ2) is 6.51. The van der Waals surface area contributed by atoms with Gasteiger partial charge < -0.3 is 20.6 Å². The van der Waals surface area contributed by atoms with Gasteiger partial charge >= 0.3 is 0 Å². The fraction of sp³-hybridized carbons (Fsp3) is 0.235. The Morgan fingerprint density at radius 1 is 1.38 bits per heavy atom. The van der Waals surface area contributed by atoms with Gasteiger partial charge in [0.05, 0.1) is 28.2 Å². The van der Waals surface area contributed by atoms with Crippen LogP contribution in [0.2, 0.25) is 0 Å². The molecule has 4 N–H and O–H groups in total. The van der Waals surface area contributed by atoms with E-state index in [-0.39, 0.29) is 17.3 Å². The Hall–Kier alpha value is -3.36. The minimum Gasteiger partial charge on any atom is -0.508 e. The first kappa shape index (κ1) is 17.5. The summed E-state index contributed by atoms with van der Waals surface area (Å²) in [5.74, 6) is -0.543. The van der Waals surface area contributed by atoms with E-state index in [4.69, 9.17) is 10.3 Å². The van der Waals surface area contributed by atoms with E-state index in [2.05, 4.69) is 15.4 Å². The number of hydrogen-bond acceptors (Lipinski definition) is 6. The van der Waals surface area contributed by atoms with Crippen molar-refractivity contribution >= 4 is 5.84 Å². The lowest BCUT2D eigenvalue weighted by atomic mass is 10.0. The first-order valence-corrected chi connectivity index (χ1v) is 7.90.